The highest BCUT2D eigenvalue weighted by Gasteiger charge is 2.49. The number of para-hydroxylation sites is 2. The van der Waals surface area contributed by atoms with Gasteiger partial charge in [0, 0.05) is 11.4 Å². The third-order valence-corrected chi connectivity index (χ3v) is 3.38. The molecule has 1 aliphatic rings. The van der Waals surface area contributed by atoms with Gasteiger partial charge in [-0.2, -0.15) is 0 Å². The van der Waals surface area contributed by atoms with Crippen molar-refractivity contribution in [1.82, 2.24) is 5.43 Å². The average Bonchev–Trinajstić information content (AvgIpc) is 2.55. The number of anilines is 2. The highest BCUT2D eigenvalue weighted by molar-refractivity contribution is 6.49. The lowest BCUT2D eigenvalue weighted by molar-refractivity contribution is -0.145. The van der Waals surface area contributed by atoms with E-state index in [1.165, 1.54) is 0 Å². The van der Waals surface area contributed by atoms with Crippen LogP contribution in [0.15, 0.2) is 60.7 Å². The fraction of sp³-hybridized carbons (Fsp3) is 0.125. The third kappa shape index (κ3) is 2.78. The summed E-state index contributed by atoms with van der Waals surface area (Å²) in [5, 5.41) is 3.07. The number of hydrogen-bond acceptors (Lipinski definition) is 5. The summed E-state index contributed by atoms with van der Waals surface area (Å²) >= 11 is 0. The molecule has 0 spiro atoms. The Kier molecular flexibility index (Phi) is 3.66. The fourth-order valence-corrected chi connectivity index (χ4v) is 2.21. The lowest BCUT2D eigenvalue weighted by atomic mass is 9.83. The zero-order chi connectivity index (χ0) is 14.7. The van der Waals surface area contributed by atoms with Crippen molar-refractivity contribution in [2.24, 2.45) is 0 Å². The number of carbonyl (C=O) groups is 2. The highest BCUT2D eigenvalue weighted by atomic mass is 16.2. The molecule has 2 aromatic rings. The minimum absolute atomic E-state index is 0.397. The van der Waals surface area contributed by atoms with Crippen LogP contribution in [0.4, 0.5) is 11.4 Å². The van der Waals surface area contributed by atoms with Crippen LogP contribution in [0, 0.1) is 0 Å². The molecule has 2 unspecified atom stereocenters. The average molecular weight is 281 g/mol. The van der Waals surface area contributed by atoms with Crippen molar-refractivity contribution in [2.45, 2.75) is 12.1 Å². The van der Waals surface area contributed by atoms with Crippen LogP contribution in [0.5, 0.6) is 0 Å². The lowest BCUT2D eigenvalue weighted by Crippen LogP contribution is -2.68. The molecule has 106 valence electrons. The van der Waals surface area contributed by atoms with Crippen LogP contribution in [0.1, 0.15) is 0 Å². The normalized spacial score (nSPS) is 20.8. The van der Waals surface area contributed by atoms with E-state index in [2.05, 4.69) is 16.2 Å². The van der Waals surface area contributed by atoms with Gasteiger partial charge in [0.05, 0.1) is 0 Å². The van der Waals surface area contributed by atoms with Crippen LogP contribution in [0.25, 0.3) is 0 Å². The van der Waals surface area contributed by atoms with E-state index in [9.17, 15) is 9.59 Å². The molecule has 3 N–H and O–H groups in total. The molecule has 2 aromatic carbocycles. The Morgan fingerprint density at radius 2 is 1.19 bits per heavy atom. The van der Waals surface area contributed by atoms with Crippen molar-refractivity contribution in [1.29, 1.82) is 0 Å². The van der Waals surface area contributed by atoms with E-state index in [4.69, 9.17) is 0 Å². The summed E-state index contributed by atoms with van der Waals surface area (Å²) in [5.41, 5.74) is 7.50. The van der Waals surface area contributed by atoms with Gasteiger partial charge in [-0.3, -0.25) is 9.59 Å². The highest BCUT2D eigenvalue weighted by Crippen LogP contribution is 2.18. The third-order valence-electron chi connectivity index (χ3n) is 3.38. The number of benzene rings is 2. The van der Waals surface area contributed by atoms with Gasteiger partial charge in [-0.1, -0.05) is 36.4 Å². The molecule has 0 aromatic heterocycles. The number of ketones is 2. The Morgan fingerprint density at radius 3 is 1.81 bits per heavy atom. The fourth-order valence-electron chi connectivity index (χ4n) is 2.21. The first-order valence-corrected chi connectivity index (χ1v) is 6.72. The van der Waals surface area contributed by atoms with Crippen LogP contribution < -0.4 is 16.2 Å². The topological polar surface area (TPSA) is 70.2 Å². The number of Topliss-reactive ketones (excluding diaryl/α,β-unsaturated/α-hetero) is 2. The summed E-state index contributed by atoms with van der Waals surface area (Å²) in [4.78, 5) is 23.4. The second-order valence-corrected chi connectivity index (χ2v) is 4.83. The van der Waals surface area contributed by atoms with Crippen molar-refractivity contribution in [2.75, 3.05) is 10.7 Å². The van der Waals surface area contributed by atoms with Crippen LogP contribution in [-0.2, 0) is 9.59 Å². The Balaban J connectivity index is 1.63. The van der Waals surface area contributed by atoms with Gasteiger partial charge in [0.25, 0.3) is 0 Å². The maximum atomic E-state index is 11.7. The Hall–Kier alpha value is -2.66. The van der Waals surface area contributed by atoms with Gasteiger partial charge in [0.2, 0.25) is 11.6 Å². The van der Waals surface area contributed by atoms with E-state index >= 15 is 0 Å². The number of hydrazine groups is 1. The molecular weight excluding hydrogens is 266 g/mol. The van der Waals surface area contributed by atoms with Gasteiger partial charge < -0.3 is 10.7 Å². The molecule has 0 radical (unpaired) electrons. The summed E-state index contributed by atoms with van der Waals surface area (Å²) in [5.74, 6) is -0.807. The second kappa shape index (κ2) is 5.76. The zero-order valence-electron chi connectivity index (χ0n) is 11.2. The standard InChI is InChI=1S/C16H15N3O2/c20-15-13(17-11-7-3-1-4-8-11)14(16(15)21)19-18-12-9-5-2-6-10-12/h1-10,13-14,17-19H. The summed E-state index contributed by atoms with van der Waals surface area (Å²) in [6.45, 7) is 0. The van der Waals surface area contributed by atoms with Crippen LogP contribution in [0.3, 0.4) is 0 Å². The van der Waals surface area contributed by atoms with Crippen LogP contribution >= 0.6 is 0 Å². The maximum Gasteiger partial charge on any atom is 0.224 e. The first-order chi connectivity index (χ1) is 10.3. The number of carbonyl (C=O) groups excluding carboxylic acids is 2. The minimum Gasteiger partial charge on any atom is -0.373 e. The zero-order valence-corrected chi connectivity index (χ0v) is 11.2. The summed E-state index contributed by atoms with van der Waals surface area (Å²) in [7, 11) is 0. The monoisotopic (exact) mass is 281 g/mol. The van der Waals surface area contributed by atoms with Crippen molar-refractivity contribution in [3.05, 3.63) is 60.7 Å². The summed E-state index contributed by atoms with van der Waals surface area (Å²) in [6.07, 6.45) is 0. The molecule has 2 atom stereocenters. The molecule has 1 saturated carbocycles. The van der Waals surface area contributed by atoms with E-state index in [1.54, 1.807) is 0 Å². The van der Waals surface area contributed by atoms with E-state index in [0.29, 0.717) is 0 Å². The molecular formula is C16H15N3O2. The predicted molar refractivity (Wildman–Crippen MR) is 80.9 cm³/mol. The van der Waals surface area contributed by atoms with E-state index in [0.717, 1.165) is 11.4 Å². The number of rotatable bonds is 5. The first kappa shape index (κ1) is 13.3. The van der Waals surface area contributed by atoms with Gasteiger partial charge >= 0.3 is 0 Å². The van der Waals surface area contributed by atoms with Crippen LogP contribution in [-0.4, -0.2) is 23.7 Å². The summed E-state index contributed by atoms with van der Waals surface area (Å²) < 4.78 is 0. The van der Waals surface area contributed by atoms with Crippen LogP contribution in [0.2, 0.25) is 0 Å². The molecule has 0 saturated heterocycles. The van der Waals surface area contributed by atoms with Gasteiger partial charge in [-0.15, -0.1) is 0 Å². The summed E-state index contributed by atoms with van der Waals surface area (Å²) in [6, 6.07) is 17.7. The smallest absolute Gasteiger partial charge is 0.224 e. The molecule has 5 nitrogen and oxygen atoms in total. The largest absolute Gasteiger partial charge is 0.373 e. The molecule has 0 amide bonds. The van der Waals surface area contributed by atoms with Gasteiger partial charge in [-0.05, 0) is 24.3 Å². The molecule has 0 aliphatic heterocycles. The molecule has 21 heavy (non-hydrogen) atoms. The quantitative estimate of drug-likeness (QED) is 0.574. The SMILES string of the molecule is O=C1C(=O)C(Nc2ccccc2)C1NNc1ccccc1. The van der Waals surface area contributed by atoms with E-state index in [-0.39, 0.29) is 0 Å². The Labute approximate surface area is 122 Å². The molecule has 1 fully saturated rings. The van der Waals surface area contributed by atoms with Gasteiger partial charge in [0.1, 0.15) is 12.1 Å². The minimum atomic E-state index is -0.571. The van der Waals surface area contributed by atoms with Gasteiger partial charge in [-0.25, -0.2) is 5.43 Å². The molecule has 0 bridgehead atoms. The van der Waals surface area contributed by atoms with E-state index in [1.807, 2.05) is 60.7 Å². The molecule has 3 rings (SSSR count). The predicted octanol–water partition coefficient (Wildman–Crippen LogP) is 1.60. The van der Waals surface area contributed by atoms with Crippen molar-refractivity contribution in [3.63, 3.8) is 0 Å². The number of hydrogen-bond donors (Lipinski definition) is 3. The number of nitrogens with one attached hydrogen (secondary N) is 3. The van der Waals surface area contributed by atoms with Crippen molar-refractivity contribution in [3.8, 4) is 0 Å². The van der Waals surface area contributed by atoms with Crippen molar-refractivity contribution < 1.29 is 9.59 Å². The van der Waals surface area contributed by atoms with Gasteiger partial charge in [0.15, 0.2) is 0 Å². The second-order valence-electron chi connectivity index (χ2n) is 4.83. The molecule has 0 heterocycles. The van der Waals surface area contributed by atoms with Crippen molar-refractivity contribution >= 4 is 22.9 Å². The maximum absolute atomic E-state index is 11.7. The molecule has 5 heteroatoms. The van der Waals surface area contributed by atoms with E-state index < -0.39 is 23.7 Å². The lowest BCUT2D eigenvalue weighted by Gasteiger charge is -2.35. The molecule has 1 aliphatic carbocycles. The Bertz CT molecular complexity index is 643. The Morgan fingerprint density at radius 1 is 0.667 bits per heavy atom. The first-order valence-electron chi connectivity index (χ1n) is 6.72.